The summed E-state index contributed by atoms with van der Waals surface area (Å²) < 4.78 is 0. The normalized spacial score (nSPS) is 15.6. The van der Waals surface area contributed by atoms with Crippen LogP contribution >= 0.6 is 0 Å². The summed E-state index contributed by atoms with van der Waals surface area (Å²) in [5, 5.41) is 24.8. The quantitative estimate of drug-likeness (QED) is 0.151. The van der Waals surface area contributed by atoms with Crippen LogP contribution in [0.4, 0.5) is 0 Å². The Bertz CT molecular complexity index is 727. The van der Waals surface area contributed by atoms with Crippen LogP contribution in [-0.4, -0.2) is 69.9 Å². The van der Waals surface area contributed by atoms with Crippen LogP contribution in [0.2, 0.25) is 0 Å². The Hall–Kier alpha value is -3.22. The third-order valence-corrected chi connectivity index (χ3v) is 4.85. The lowest BCUT2D eigenvalue weighted by molar-refractivity contribution is -0.147. The monoisotopic (exact) mass is 459 g/mol. The SMILES string of the molecule is CCC(C)C(NC(=O)C(CC(N)=O)NC(=O)C(N)C(C)C)C(=O)NC(CC(=O)O)C(=O)O. The van der Waals surface area contributed by atoms with Crippen LogP contribution in [0.1, 0.15) is 47.0 Å². The molecule has 0 aromatic heterocycles. The molecule has 0 aromatic rings. The molecule has 0 spiro atoms. The number of nitrogens with one attached hydrogen (secondary N) is 3. The van der Waals surface area contributed by atoms with E-state index in [1.165, 1.54) is 0 Å². The van der Waals surface area contributed by atoms with E-state index < -0.39 is 78.5 Å². The third-order valence-electron chi connectivity index (χ3n) is 4.85. The Morgan fingerprint density at radius 3 is 1.75 bits per heavy atom. The van der Waals surface area contributed by atoms with Gasteiger partial charge in [-0.3, -0.25) is 24.0 Å². The van der Waals surface area contributed by atoms with Crippen molar-refractivity contribution in [1.82, 2.24) is 16.0 Å². The zero-order valence-corrected chi connectivity index (χ0v) is 18.6. The lowest BCUT2D eigenvalue weighted by Gasteiger charge is -2.28. The first-order valence-electron chi connectivity index (χ1n) is 10.1. The highest BCUT2D eigenvalue weighted by Crippen LogP contribution is 2.10. The topological polar surface area (TPSA) is 231 Å². The van der Waals surface area contributed by atoms with Gasteiger partial charge in [0.05, 0.1) is 18.9 Å². The van der Waals surface area contributed by atoms with Gasteiger partial charge < -0.3 is 37.6 Å². The molecule has 182 valence electrons. The molecule has 13 heteroatoms. The number of carbonyl (C=O) groups excluding carboxylic acids is 4. The fourth-order valence-corrected chi connectivity index (χ4v) is 2.57. The minimum atomic E-state index is -1.71. The number of amides is 4. The van der Waals surface area contributed by atoms with Gasteiger partial charge >= 0.3 is 11.9 Å². The van der Waals surface area contributed by atoms with E-state index in [2.05, 4.69) is 16.0 Å². The van der Waals surface area contributed by atoms with Crippen molar-refractivity contribution in [1.29, 1.82) is 0 Å². The van der Waals surface area contributed by atoms with E-state index in [0.29, 0.717) is 6.42 Å². The van der Waals surface area contributed by atoms with E-state index in [1.54, 1.807) is 27.7 Å². The summed E-state index contributed by atoms with van der Waals surface area (Å²) in [5.74, 6) is -7.17. The van der Waals surface area contributed by atoms with E-state index in [0.717, 1.165) is 0 Å². The second-order valence-electron chi connectivity index (χ2n) is 7.87. The number of carbonyl (C=O) groups is 6. The molecule has 0 radical (unpaired) electrons. The lowest BCUT2D eigenvalue weighted by Crippen LogP contribution is -2.59. The molecule has 0 saturated carbocycles. The minimum Gasteiger partial charge on any atom is -0.481 e. The number of nitrogens with two attached hydrogens (primary N) is 2. The van der Waals surface area contributed by atoms with E-state index in [1.807, 2.05) is 0 Å². The summed E-state index contributed by atoms with van der Waals surface area (Å²) in [5.41, 5.74) is 10.9. The first kappa shape index (κ1) is 28.8. The number of rotatable bonds is 14. The minimum absolute atomic E-state index is 0.256. The molecule has 0 aliphatic rings. The van der Waals surface area contributed by atoms with Crippen molar-refractivity contribution in [2.45, 2.75) is 71.1 Å². The fourth-order valence-electron chi connectivity index (χ4n) is 2.57. The molecule has 0 aliphatic heterocycles. The molecule has 0 fully saturated rings. The molecule has 0 aliphatic carbocycles. The molecule has 0 heterocycles. The smallest absolute Gasteiger partial charge is 0.326 e. The maximum atomic E-state index is 12.8. The molecule has 4 amide bonds. The van der Waals surface area contributed by atoms with Gasteiger partial charge in [0.2, 0.25) is 23.6 Å². The van der Waals surface area contributed by atoms with Gasteiger partial charge in [0, 0.05) is 0 Å². The van der Waals surface area contributed by atoms with Crippen molar-refractivity contribution in [3.05, 3.63) is 0 Å². The van der Waals surface area contributed by atoms with Crippen LogP contribution in [0.5, 0.6) is 0 Å². The molecule has 32 heavy (non-hydrogen) atoms. The van der Waals surface area contributed by atoms with Gasteiger partial charge in [-0.15, -0.1) is 0 Å². The van der Waals surface area contributed by atoms with E-state index in [-0.39, 0.29) is 5.92 Å². The summed E-state index contributed by atoms with van der Waals surface area (Å²) in [6.45, 7) is 6.70. The van der Waals surface area contributed by atoms with Crippen LogP contribution in [-0.2, 0) is 28.8 Å². The summed E-state index contributed by atoms with van der Waals surface area (Å²) in [6, 6.07) is -5.36. The fraction of sp³-hybridized carbons (Fsp3) is 0.684. The van der Waals surface area contributed by atoms with Crippen molar-refractivity contribution in [2.75, 3.05) is 0 Å². The number of aliphatic carboxylic acids is 2. The largest absolute Gasteiger partial charge is 0.481 e. The second-order valence-corrected chi connectivity index (χ2v) is 7.87. The van der Waals surface area contributed by atoms with Crippen molar-refractivity contribution >= 4 is 35.6 Å². The molecule has 13 nitrogen and oxygen atoms in total. The molecular weight excluding hydrogens is 426 g/mol. The summed E-state index contributed by atoms with van der Waals surface area (Å²) in [7, 11) is 0. The summed E-state index contributed by atoms with van der Waals surface area (Å²) in [4.78, 5) is 71.2. The molecule has 0 rings (SSSR count). The van der Waals surface area contributed by atoms with E-state index >= 15 is 0 Å². The van der Waals surface area contributed by atoms with Crippen LogP contribution < -0.4 is 27.4 Å². The molecule has 5 atom stereocenters. The van der Waals surface area contributed by atoms with Crippen molar-refractivity contribution < 1.29 is 39.0 Å². The highest BCUT2D eigenvalue weighted by Gasteiger charge is 2.34. The first-order valence-corrected chi connectivity index (χ1v) is 10.1. The molecular formula is C19H33N5O8. The maximum Gasteiger partial charge on any atom is 0.326 e. The average Bonchev–Trinajstić information content (AvgIpc) is 2.68. The van der Waals surface area contributed by atoms with Crippen molar-refractivity contribution in [3.63, 3.8) is 0 Å². The Balaban J connectivity index is 5.61. The van der Waals surface area contributed by atoms with Crippen LogP contribution in [0, 0.1) is 11.8 Å². The molecule has 5 unspecified atom stereocenters. The zero-order valence-electron chi connectivity index (χ0n) is 18.6. The Labute approximate surface area is 185 Å². The first-order chi connectivity index (χ1) is 14.7. The molecule has 0 aromatic carbocycles. The molecule has 9 N–H and O–H groups in total. The Kier molecular flexibility index (Phi) is 11.9. The molecule has 0 saturated heterocycles. The highest BCUT2D eigenvalue weighted by atomic mass is 16.4. The summed E-state index contributed by atoms with van der Waals surface area (Å²) >= 11 is 0. The highest BCUT2D eigenvalue weighted by molar-refractivity contribution is 5.96. The number of carboxylic acid groups (broad SMARTS) is 2. The predicted molar refractivity (Wildman–Crippen MR) is 112 cm³/mol. The van der Waals surface area contributed by atoms with Crippen LogP contribution in [0.25, 0.3) is 0 Å². The Morgan fingerprint density at radius 1 is 0.812 bits per heavy atom. The molecule has 0 bridgehead atoms. The maximum absolute atomic E-state index is 12.8. The number of hydrogen-bond donors (Lipinski definition) is 7. The van der Waals surface area contributed by atoms with Gasteiger partial charge in [0.1, 0.15) is 18.1 Å². The van der Waals surface area contributed by atoms with Gasteiger partial charge in [-0.2, -0.15) is 0 Å². The van der Waals surface area contributed by atoms with Gasteiger partial charge in [0.25, 0.3) is 0 Å². The van der Waals surface area contributed by atoms with E-state index in [9.17, 15) is 28.8 Å². The third kappa shape index (κ3) is 9.73. The van der Waals surface area contributed by atoms with Gasteiger partial charge in [-0.25, -0.2) is 4.79 Å². The van der Waals surface area contributed by atoms with E-state index in [4.69, 9.17) is 21.7 Å². The summed E-state index contributed by atoms with van der Waals surface area (Å²) in [6.07, 6.45) is -1.04. The van der Waals surface area contributed by atoms with Crippen LogP contribution in [0.3, 0.4) is 0 Å². The van der Waals surface area contributed by atoms with Gasteiger partial charge in [-0.05, 0) is 11.8 Å². The second kappa shape index (κ2) is 13.2. The zero-order chi connectivity index (χ0) is 25.2. The predicted octanol–water partition coefficient (Wildman–Crippen LogP) is -2.10. The van der Waals surface area contributed by atoms with Crippen molar-refractivity contribution in [3.8, 4) is 0 Å². The lowest BCUT2D eigenvalue weighted by atomic mass is 9.97. The van der Waals surface area contributed by atoms with Crippen molar-refractivity contribution in [2.24, 2.45) is 23.3 Å². The number of carboxylic acids is 2. The Morgan fingerprint density at radius 2 is 1.34 bits per heavy atom. The number of hydrogen-bond acceptors (Lipinski definition) is 7. The average molecular weight is 460 g/mol. The van der Waals surface area contributed by atoms with Gasteiger partial charge in [0.15, 0.2) is 0 Å². The number of primary amides is 1. The van der Waals surface area contributed by atoms with Gasteiger partial charge in [-0.1, -0.05) is 34.1 Å². The van der Waals surface area contributed by atoms with Crippen LogP contribution in [0.15, 0.2) is 0 Å². The standard InChI is InChI=1S/C19H33N5O8/c1-5-9(4)15(18(30)23-11(19(31)32)7-13(26)27)24-16(28)10(6-12(20)25)22-17(29)14(21)8(2)3/h8-11,14-15H,5-7,21H2,1-4H3,(H2,20,25)(H,22,29)(H,23,30)(H,24,28)(H,26,27)(H,31,32).